The molecule has 5 nitrogen and oxygen atoms in total. The number of nitrogens with zero attached hydrogens (tertiary/aromatic N) is 1. The Morgan fingerprint density at radius 2 is 2.00 bits per heavy atom. The van der Waals surface area contributed by atoms with E-state index < -0.39 is 0 Å². The molecule has 1 saturated heterocycles. The second-order valence-electron chi connectivity index (χ2n) is 6.93. The molecule has 1 amide bonds. The average molecular weight is 364 g/mol. The highest BCUT2D eigenvalue weighted by atomic mass is 16.5. The molecule has 4 rings (SSSR count). The zero-order chi connectivity index (χ0) is 18.8. The molecule has 0 atom stereocenters. The summed E-state index contributed by atoms with van der Waals surface area (Å²) < 4.78 is 5.53. The number of hydrogen-bond donors (Lipinski definition) is 2. The van der Waals surface area contributed by atoms with Gasteiger partial charge in [-0.1, -0.05) is 18.2 Å². The molecule has 2 N–H and O–H groups in total. The maximum Gasteiger partial charge on any atom is 0.256 e. The Bertz CT molecular complexity index is 883. The number of hydrogen-bond acceptors (Lipinski definition) is 4. The van der Waals surface area contributed by atoms with Crippen molar-refractivity contribution in [2.45, 2.75) is 25.9 Å². The zero-order valence-electron chi connectivity index (χ0n) is 15.4. The lowest BCUT2D eigenvalue weighted by Gasteiger charge is -2.32. The number of nitrogens with one attached hydrogen (secondary N) is 1. The molecule has 0 radical (unpaired) electrons. The molecule has 0 aromatic heterocycles. The number of fused-ring (bicyclic) bond motifs is 1. The van der Waals surface area contributed by atoms with Crippen LogP contribution in [0.4, 0.5) is 11.4 Å². The molecular weight excluding hydrogens is 340 g/mol. The first-order chi connectivity index (χ1) is 13.2. The van der Waals surface area contributed by atoms with Crippen molar-refractivity contribution in [3.05, 3.63) is 53.6 Å². The number of anilines is 2. The number of piperidine rings is 1. The predicted molar refractivity (Wildman–Crippen MR) is 108 cm³/mol. The SMILES string of the molecule is CCOc1ccc2c(c1)NC(=O)/C2=C/c1ccccc1N1CCC(O)CC1. The van der Waals surface area contributed by atoms with Crippen LogP contribution in [0.3, 0.4) is 0 Å². The molecule has 2 aromatic carbocycles. The van der Waals surface area contributed by atoms with Crippen LogP contribution in [-0.4, -0.2) is 36.8 Å². The molecule has 0 unspecified atom stereocenters. The smallest absolute Gasteiger partial charge is 0.256 e. The predicted octanol–water partition coefficient (Wildman–Crippen LogP) is 3.54. The van der Waals surface area contributed by atoms with E-state index in [1.165, 1.54) is 0 Å². The number of aliphatic hydroxyl groups excluding tert-OH is 1. The molecule has 0 aliphatic carbocycles. The van der Waals surface area contributed by atoms with Gasteiger partial charge in [-0.15, -0.1) is 0 Å². The highest BCUT2D eigenvalue weighted by Crippen LogP contribution is 2.37. The van der Waals surface area contributed by atoms with E-state index in [2.05, 4.69) is 16.3 Å². The first-order valence-electron chi connectivity index (χ1n) is 9.48. The van der Waals surface area contributed by atoms with Gasteiger partial charge in [-0.05, 0) is 49.6 Å². The summed E-state index contributed by atoms with van der Waals surface area (Å²) in [6.07, 6.45) is 3.30. The summed E-state index contributed by atoms with van der Waals surface area (Å²) in [7, 11) is 0. The number of carbonyl (C=O) groups excluding carboxylic acids is 1. The van der Waals surface area contributed by atoms with E-state index >= 15 is 0 Å². The van der Waals surface area contributed by atoms with Crippen LogP contribution in [0.2, 0.25) is 0 Å². The average Bonchev–Trinajstić information content (AvgIpc) is 2.98. The molecule has 0 spiro atoms. The van der Waals surface area contributed by atoms with E-state index in [4.69, 9.17) is 4.74 Å². The summed E-state index contributed by atoms with van der Waals surface area (Å²) in [5.41, 5.74) is 4.46. The van der Waals surface area contributed by atoms with Crippen LogP contribution in [0.1, 0.15) is 30.9 Å². The Morgan fingerprint density at radius 3 is 2.78 bits per heavy atom. The van der Waals surface area contributed by atoms with Crippen molar-refractivity contribution in [1.29, 1.82) is 0 Å². The number of para-hydroxylation sites is 1. The van der Waals surface area contributed by atoms with E-state index in [1.54, 1.807) is 0 Å². The zero-order valence-corrected chi connectivity index (χ0v) is 15.4. The first-order valence-corrected chi connectivity index (χ1v) is 9.48. The highest BCUT2D eigenvalue weighted by Gasteiger charge is 2.25. The third kappa shape index (κ3) is 3.55. The molecule has 0 saturated carbocycles. The van der Waals surface area contributed by atoms with Gasteiger partial charge in [0, 0.05) is 36.0 Å². The molecule has 2 aromatic rings. The topological polar surface area (TPSA) is 61.8 Å². The highest BCUT2D eigenvalue weighted by molar-refractivity contribution is 6.35. The number of rotatable bonds is 4. The minimum Gasteiger partial charge on any atom is -0.494 e. The van der Waals surface area contributed by atoms with Crippen molar-refractivity contribution in [3.8, 4) is 5.75 Å². The number of carbonyl (C=O) groups is 1. The fourth-order valence-corrected chi connectivity index (χ4v) is 3.73. The molecular formula is C22H24N2O3. The fourth-order valence-electron chi connectivity index (χ4n) is 3.73. The van der Waals surface area contributed by atoms with Gasteiger partial charge in [-0.3, -0.25) is 4.79 Å². The third-order valence-electron chi connectivity index (χ3n) is 5.13. The van der Waals surface area contributed by atoms with Crippen molar-refractivity contribution >= 4 is 28.9 Å². The minimum absolute atomic E-state index is 0.0949. The van der Waals surface area contributed by atoms with Crippen LogP contribution in [0, 0.1) is 0 Å². The fraction of sp³-hybridized carbons (Fsp3) is 0.318. The molecule has 1 fully saturated rings. The van der Waals surface area contributed by atoms with Gasteiger partial charge in [0.1, 0.15) is 5.75 Å². The minimum atomic E-state index is -0.209. The summed E-state index contributed by atoms with van der Waals surface area (Å²) in [6, 6.07) is 13.8. The molecule has 2 heterocycles. The van der Waals surface area contributed by atoms with Gasteiger partial charge in [0.2, 0.25) is 0 Å². The lowest BCUT2D eigenvalue weighted by atomic mass is 10.0. The van der Waals surface area contributed by atoms with E-state index in [9.17, 15) is 9.90 Å². The van der Waals surface area contributed by atoms with Gasteiger partial charge < -0.3 is 20.1 Å². The molecule has 2 aliphatic rings. The summed E-state index contributed by atoms with van der Waals surface area (Å²) in [4.78, 5) is 14.9. The number of ether oxygens (including phenoxy) is 1. The van der Waals surface area contributed by atoms with Crippen molar-refractivity contribution < 1.29 is 14.6 Å². The number of aliphatic hydroxyl groups is 1. The van der Waals surface area contributed by atoms with Gasteiger partial charge in [0.05, 0.1) is 18.4 Å². The van der Waals surface area contributed by atoms with Crippen LogP contribution in [0.5, 0.6) is 5.75 Å². The summed E-state index contributed by atoms with van der Waals surface area (Å²) in [5.74, 6) is 0.660. The molecule has 0 bridgehead atoms. The molecule has 2 aliphatic heterocycles. The van der Waals surface area contributed by atoms with Crippen molar-refractivity contribution in [2.24, 2.45) is 0 Å². The van der Waals surface area contributed by atoms with Crippen molar-refractivity contribution in [2.75, 3.05) is 29.9 Å². The van der Waals surface area contributed by atoms with Gasteiger partial charge in [-0.2, -0.15) is 0 Å². The summed E-state index contributed by atoms with van der Waals surface area (Å²) >= 11 is 0. The summed E-state index contributed by atoms with van der Waals surface area (Å²) in [5, 5.41) is 12.7. The number of amides is 1. The van der Waals surface area contributed by atoms with Crippen LogP contribution >= 0.6 is 0 Å². The Kier molecular flexibility index (Phi) is 4.86. The van der Waals surface area contributed by atoms with Crippen molar-refractivity contribution in [3.63, 3.8) is 0 Å². The van der Waals surface area contributed by atoms with E-state index in [0.29, 0.717) is 12.2 Å². The van der Waals surface area contributed by atoms with Gasteiger partial charge in [-0.25, -0.2) is 0 Å². The maximum absolute atomic E-state index is 12.6. The monoisotopic (exact) mass is 364 g/mol. The Labute approximate surface area is 159 Å². The quantitative estimate of drug-likeness (QED) is 0.815. The van der Waals surface area contributed by atoms with E-state index in [1.807, 2.05) is 49.4 Å². The van der Waals surface area contributed by atoms with Crippen LogP contribution in [0.15, 0.2) is 42.5 Å². The molecule has 140 valence electrons. The van der Waals surface area contributed by atoms with E-state index in [0.717, 1.165) is 54.2 Å². The second-order valence-corrected chi connectivity index (χ2v) is 6.93. The Hall–Kier alpha value is -2.79. The van der Waals surface area contributed by atoms with Crippen LogP contribution in [-0.2, 0) is 4.79 Å². The Balaban J connectivity index is 1.68. The lowest BCUT2D eigenvalue weighted by molar-refractivity contribution is -0.110. The lowest BCUT2D eigenvalue weighted by Crippen LogP contribution is -2.36. The normalized spacial score (nSPS) is 18.5. The van der Waals surface area contributed by atoms with Crippen LogP contribution in [0.25, 0.3) is 11.6 Å². The number of benzene rings is 2. The van der Waals surface area contributed by atoms with Crippen molar-refractivity contribution in [1.82, 2.24) is 0 Å². The van der Waals surface area contributed by atoms with Gasteiger partial charge in [0.15, 0.2) is 0 Å². The summed E-state index contributed by atoms with van der Waals surface area (Å²) in [6.45, 7) is 4.17. The standard InChI is InChI=1S/C22H24N2O3/c1-2-27-17-7-8-18-19(22(26)23-20(18)14-17)13-15-5-3-4-6-21(15)24-11-9-16(25)10-12-24/h3-8,13-14,16,25H,2,9-12H2,1H3,(H,23,26)/b19-13+. The van der Waals surface area contributed by atoms with E-state index in [-0.39, 0.29) is 12.0 Å². The largest absolute Gasteiger partial charge is 0.494 e. The third-order valence-corrected chi connectivity index (χ3v) is 5.13. The first kappa shape index (κ1) is 17.6. The molecule has 27 heavy (non-hydrogen) atoms. The second kappa shape index (κ2) is 7.45. The van der Waals surface area contributed by atoms with Crippen LogP contribution < -0.4 is 15.0 Å². The molecule has 5 heteroatoms. The maximum atomic E-state index is 12.6. The van der Waals surface area contributed by atoms with Gasteiger partial charge in [0.25, 0.3) is 5.91 Å². The Morgan fingerprint density at radius 1 is 1.22 bits per heavy atom. The van der Waals surface area contributed by atoms with Gasteiger partial charge >= 0.3 is 0 Å².